The molecule has 2 amide bonds. The van der Waals surface area contributed by atoms with Crippen LogP contribution in [0.15, 0.2) is 0 Å². The molecule has 2 saturated heterocycles. The number of hydrogen-bond donors (Lipinski definition) is 1. The van der Waals surface area contributed by atoms with Gasteiger partial charge in [-0.25, -0.2) is 0 Å². The van der Waals surface area contributed by atoms with Gasteiger partial charge in [-0.15, -0.1) is 0 Å². The van der Waals surface area contributed by atoms with Crippen molar-refractivity contribution in [3.05, 3.63) is 0 Å². The second kappa shape index (κ2) is 3.26. The summed E-state index contributed by atoms with van der Waals surface area (Å²) in [5.74, 6) is 0.344. The first-order valence-corrected chi connectivity index (χ1v) is 5.20. The SMILES string of the molecule is CCC(=O)N1CCC2(CNC(=O)C2)C1. The lowest BCUT2D eigenvalue weighted by molar-refractivity contribution is -0.130. The molecule has 2 rings (SSSR count). The number of amides is 2. The van der Waals surface area contributed by atoms with Crippen molar-refractivity contribution in [1.29, 1.82) is 0 Å². The van der Waals surface area contributed by atoms with Crippen molar-refractivity contribution in [2.24, 2.45) is 5.41 Å². The van der Waals surface area contributed by atoms with E-state index in [0.717, 1.165) is 26.1 Å². The first-order chi connectivity index (χ1) is 6.65. The van der Waals surface area contributed by atoms with E-state index in [2.05, 4.69) is 5.32 Å². The van der Waals surface area contributed by atoms with Gasteiger partial charge in [-0.1, -0.05) is 6.92 Å². The van der Waals surface area contributed by atoms with E-state index in [1.54, 1.807) is 0 Å². The third-order valence-electron chi connectivity index (χ3n) is 3.29. The van der Waals surface area contributed by atoms with Crippen molar-refractivity contribution < 1.29 is 9.59 Å². The molecule has 2 fully saturated rings. The maximum absolute atomic E-state index is 11.5. The van der Waals surface area contributed by atoms with Gasteiger partial charge in [-0.2, -0.15) is 0 Å². The minimum Gasteiger partial charge on any atom is -0.355 e. The van der Waals surface area contributed by atoms with Gasteiger partial charge < -0.3 is 10.2 Å². The Morgan fingerprint density at radius 2 is 2.43 bits per heavy atom. The molecule has 4 heteroatoms. The summed E-state index contributed by atoms with van der Waals surface area (Å²) in [7, 11) is 0. The lowest BCUT2D eigenvalue weighted by Crippen LogP contribution is -2.32. The molecule has 2 heterocycles. The molecule has 1 unspecified atom stereocenters. The van der Waals surface area contributed by atoms with Crippen LogP contribution in [0.5, 0.6) is 0 Å². The zero-order chi connectivity index (χ0) is 10.2. The fourth-order valence-corrected chi connectivity index (χ4v) is 2.41. The van der Waals surface area contributed by atoms with Crippen LogP contribution in [-0.4, -0.2) is 36.3 Å². The maximum Gasteiger partial charge on any atom is 0.222 e. The Hall–Kier alpha value is -1.06. The Morgan fingerprint density at radius 3 is 3.00 bits per heavy atom. The average Bonchev–Trinajstić information content (AvgIpc) is 2.74. The molecule has 1 atom stereocenters. The van der Waals surface area contributed by atoms with Crippen LogP contribution in [0.1, 0.15) is 26.2 Å². The second-order valence-corrected chi connectivity index (χ2v) is 4.37. The van der Waals surface area contributed by atoms with Crippen LogP contribution in [0.2, 0.25) is 0 Å². The van der Waals surface area contributed by atoms with E-state index in [1.165, 1.54) is 0 Å². The molecule has 0 aromatic heterocycles. The van der Waals surface area contributed by atoms with Crippen LogP contribution < -0.4 is 5.32 Å². The van der Waals surface area contributed by atoms with Crippen LogP contribution in [0.25, 0.3) is 0 Å². The van der Waals surface area contributed by atoms with E-state index in [4.69, 9.17) is 0 Å². The average molecular weight is 196 g/mol. The smallest absolute Gasteiger partial charge is 0.222 e. The summed E-state index contributed by atoms with van der Waals surface area (Å²) in [5.41, 5.74) is 0.0575. The number of hydrogen-bond acceptors (Lipinski definition) is 2. The highest BCUT2D eigenvalue weighted by Crippen LogP contribution is 2.36. The zero-order valence-corrected chi connectivity index (χ0v) is 8.51. The van der Waals surface area contributed by atoms with Gasteiger partial charge in [0.25, 0.3) is 0 Å². The molecule has 0 saturated carbocycles. The monoisotopic (exact) mass is 196 g/mol. The minimum atomic E-state index is 0.0575. The van der Waals surface area contributed by atoms with Crippen molar-refractivity contribution in [3.8, 4) is 0 Å². The van der Waals surface area contributed by atoms with E-state index >= 15 is 0 Å². The number of likely N-dealkylation sites (tertiary alicyclic amines) is 1. The highest BCUT2D eigenvalue weighted by Gasteiger charge is 2.44. The maximum atomic E-state index is 11.5. The fraction of sp³-hybridized carbons (Fsp3) is 0.800. The Bertz CT molecular complexity index is 277. The highest BCUT2D eigenvalue weighted by atomic mass is 16.2. The van der Waals surface area contributed by atoms with Gasteiger partial charge in [0.15, 0.2) is 0 Å². The van der Waals surface area contributed by atoms with Crippen LogP contribution >= 0.6 is 0 Å². The molecule has 1 spiro atoms. The third-order valence-corrected chi connectivity index (χ3v) is 3.29. The predicted molar refractivity (Wildman–Crippen MR) is 51.5 cm³/mol. The summed E-state index contributed by atoms with van der Waals surface area (Å²) in [5, 5.41) is 2.85. The molecule has 0 aromatic rings. The molecule has 78 valence electrons. The van der Waals surface area contributed by atoms with Crippen molar-refractivity contribution >= 4 is 11.8 Å². The van der Waals surface area contributed by atoms with Gasteiger partial charge in [-0.05, 0) is 6.42 Å². The Balaban J connectivity index is 2.00. The van der Waals surface area contributed by atoms with Crippen LogP contribution in [0, 0.1) is 5.41 Å². The van der Waals surface area contributed by atoms with Crippen molar-refractivity contribution in [1.82, 2.24) is 10.2 Å². The molecular weight excluding hydrogens is 180 g/mol. The van der Waals surface area contributed by atoms with E-state index in [0.29, 0.717) is 12.8 Å². The van der Waals surface area contributed by atoms with Gasteiger partial charge in [0, 0.05) is 37.9 Å². The minimum absolute atomic E-state index is 0.0575. The standard InChI is InChI=1S/C10H16N2O2/c1-2-9(14)12-4-3-10(7-12)5-8(13)11-6-10/h2-7H2,1H3,(H,11,13). The quantitative estimate of drug-likeness (QED) is 0.648. The summed E-state index contributed by atoms with van der Waals surface area (Å²) < 4.78 is 0. The van der Waals surface area contributed by atoms with Gasteiger partial charge >= 0.3 is 0 Å². The summed E-state index contributed by atoms with van der Waals surface area (Å²) in [4.78, 5) is 24.5. The van der Waals surface area contributed by atoms with Gasteiger partial charge in [-0.3, -0.25) is 9.59 Å². The normalized spacial score (nSPS) is 31.2. The van der Waals surface area contributed by atoms with Crippen molar-refractivity contribution in [2.45, 2.75) is 26.2 Å². The predicted octanol–water partition coefficient (Wildman–Crippen LogP) is 0.135. The summed E-state index contributed by atoms with van der Waals surface area (Å²) >= 11 is 0. The lowest BCUT2D eigenvalue weighted by atomic mass is 9.86. The summed E-state index contributed by atoms with van der Waals surface area (Å²) in [6.45, 7) is 4.21. The molecular formula is C10H16N2O2. The molecule has 14 heavy (non-hydrogen) atoms. The summed E-state index contributed by atoms with van der Waals surface area (Å²) in [6.07, 6.45) is 2.13. The Morgan fingerprint density at radius 1 is 1.64 bits per heavy atom. The van der Waals surface area contributed by atoms with E-state index < -0.39 is 0 Å². The number of carbonyl (C=O) groups is 2. The van der Waals surface area contributed by atoms with Gasteiger partial charge in [0.2, 0.25) is 11.8 Å². The number of rotatable bonds is 1. The first-order valence-electron chi connectivity index (χ1n) is 5.20. The molecule has 2 aliphatic heterocycles. The zero-order valence-electron chi connectivity index (χ0n) is 8.51. The third kappa shape index (κ3) is 1.49. The van der Waals surface area contributed by atoms with E-state index in [-0.39, 0.29) is 17.2 Å². The van der Waals surface area contributed by atoms with Gasteiger partial charge in [0.05, 0.1) is 0 Å². The second-order valence-electron chi connectivity index (χ2n) is 4.37. The largest absolute Gasteiger partial charge is 0.355 e. The lowest BCUT2D eigenvalue weighted by Gasteiger charge is -2.21. The number of nitrogens with zero attached hydrogens (tertiary/aromatic N) is 1. The topological polar surface area (TPSA) is 49.4 Å². The molecule has 0 aromatic carbocycles. The Labute approximate surface area is 83.6 Å². The van der Waals surface area contributed by atoms with Gasteiger partial charge in [0.1, 0.15) is 0 Å². The van der Waals surface area contributed by atoms with E-state index in [1.807, 2.05) is 11.8 Å². The number of nitrogens with one attached hydrogen (secondary N) is 1. The molecule has 0 radical (unpaired) electrons. The van der Waals surface area contributed by atoms with Crippen LogP contribution in [0.3, 0.4) is 0 Å². The van der Waals surface area contributed by atoms with Crippen LogP contribution in [-0.2, 0) is 9.59 Å². The molecule has 1 N–H and O–H groups in total. The molecule has 0 bridgehead atoms. The first kappa shape index (κ1) is 9.49. The fourth-order valence-electron chi connectivity index (χ4n) is 2.41. The van der Waals surface area contributed by atoms with Crippen LogP contribution in [0.4, 0.5) is 0 Å². The molecule has 2 aliphatic rings. The van der Waals surface area contributed by atoms with Crippen molar-refractivity contribution in [2.75, 3.05) is 19.6 Å². The summed E-state index contributed by atoms with van der Waals surface area (Å²) in [6, 6.07) is 0. The number of carbonyl (C=O) groups excluding carboxylic acids is 2. The van der Waals surface area contributed by atoms with Crippen molar-refractivity contribution in [3.63, 3.8) is 0 Å². The Kier molecular flexibility index (Phi) is 2.21. The molecule has 4 nitrogen and oxygen atoms in total. The van der Waals surface area contributed by atoms with E-state index in [9.17, 15) is 9.59 Å². The molecule has 0 aliphatic carbocycles. The highest BCUT2D eigenvalue weighted by molar-refractivity contribution is 5.80.